The first kappa shape index (κ1) is 15.2. The van der Waals surface area contributed by atoms with Crippen molar-refractivity contribution in [3.05, 3.63) is 23.4 Å². The fraction of sp³-hybridized carbons (Fsp3) is 0.643. The molecule has 2 rings (SSSR count). The van der Waals surface area contributed by atoms with Gasteiger partial charge in [0, 0.05) is 25.9 Å². The van der Waals surface area contributed by atoms with Crippen molar-refractivity contribution in [2.45, 2.75) is 38.6 Å². The van der Waals surface area contributed by atoms with E-state index in [0.29, 0.717) is 12.5 Å². The molecule has 0 aliphatic carbocycles. The van der Waals surface area contributed by atoms with Gasteiger partial charge < -0.3 is 14.6 Å². The highest BCUT2D eigenvalue weighted by molar-refractivity contribution is 5.28. The first-order valence-corrected chi connectivity index (χ1v) is 6.87. The predicted octanol–water partition coefficient (Wildman–Crippen LogP) is 1.00. The second-order valence-electron chi connectivity index (χ2n) is 4.98. The van der Waals surface area contributed by atoms with Crippen LogP contribution in [0.4, 0.5) is 0 Å². The largest absolute Gasteiger partial charge is 0.478 e. The molecule has 2 N–H and O–H groups in total. The molecule has 0 spiro atoms. The molecule has 1 aliphatic rings. The highest BCUT2D eigenvalue weighted by Gasteiger charge is 2.35. The van der Waals surface area contributed by atoms with Crippen LogP contribution in [-0.2, 0) is 4.74 Å². The van der Waals surface area contributed by atoms with Crippen LogP contribution in [0.15, 0.2) is 12.1 Å². The SMILES string of the molecule is CCOc1ccc(C2CC(C(O)OC)NN2C)c(C)n1. The summed E-state index contributed by atoms with van der Waals surface area (Å²) >= 11 is 0. The van der Waals surface area contributed by atoms with Crippen LogP contribution in [0.2, 0.25) is 0 Å². The highest BCUT2D eigenvalue weighted by atomic mass is 16.6. The van der Waals surface area contributed by atoms with E-state index < -0.39 is 6.29 Å². The summed E-state index contributed by atoms with van der Waals surface area (Å²) in [4.78, 5) is 4.46. The van der Waals surface area contributed by atoms with Crippen LogP contribution in [0.5, 0.6) is 5.88 Å². The average Bonchev–Trinajstić information content (AvgIpc) is 2.80. The van der Waals surface area contributed by atoms with E-state index in [-0.39, 0.29) is 12.1 Å². The van der Waals surface area contributed by atoms with Gasteiger partial charge in [-0.2, -0.15) is 0 Å². The Kier molecular flexibility index (Phi) is 4.93. The van der Waals surface area contributed by atoms with Gasteiger partial charge in [0.05, 0.1) is 18.7 Å². The van der Waals surface area contributed by atoms with Gasteiger partial charge in [0.1, 0.15) is 0 Å². The molecule has 112 valence electrons. The molecule has 1 saturated heterocycles. The fourth-order valence-corrected chi connectivity index (χ4v) is 2.61. The molecule has 0 saturated carbocycles. The zero-order valence-corrected chi connectivity index (χ0v) is 12.5. The molecular formula is C14H23N3O3. The van der Waals surface area contributed by atoms with Crippen molar-refractivity contribution in [3.8, 4) is 5.88 Å². The molecule has 2 heterocycles. The van der Waals surface area contributed by atoms with Crippen molar-refractivity contribution < 1.29 is 14.6 Å². The molecule has 0 aromatic carbocycles. The lowest BCUT2D eigenvalue weighted by Gasteiger charge is -2.21. The number of aromatic nitrogens is 1. The predicted molar refractivity (Wildman–Crippen MR) is 75.2 cm³/mol. The Balaban J connectivity index is 2.15. The fourth-order valence-electron chi connectivity index (χ4n) is 2.61. The summed E-state index contributed by atoms with van der Waals surface area (Å²) in [5.41, 5.74) is 5.30. The number of ether oxygens (including phenoxy) is 2. The van der Waals surface area contributed by atoms with Crippen molar-refractivity contribution in [2.24, 2.45) is 0 Å². The molecule has 6 heteroatoms. The van der Waals surface area contributed by atoms with Crippen molar-refractivity contribution in [2.75, 3.05) is 20.8 Å². The number of aliphatic hydroxyl groups is 1. The second-order valence-corrected chi connectivity index (χ2v) is 4.98. The van der Waals surface area contributed by atoms with Gasteiger partial charge in [0.25, 0.3) is 0 Å². The average molecular weight is 281 g/mol. The smallest absolute Gasteiger partial charge is 0.213 e. The molecule has 0 radical (unpaired) electrons. The van der Waals surface area contributed by atoms with Crippen LogP contribution in [0.25, 0.3) is 0 Å². The maximum atomic E-state index is 9.78. The van der Waals surface area contributed by atoms with E-state index in [1.165, 1.54) is 7.11 Å². The number of aliphatic hydroxyl groups excluding tert-OH is 1. The van der Waals surface area contributed by atoms with Crippen molar-refractivity contribution in [1.82, 2.24) is 15.4 Å². The number of hydrazine groups is 1. The van der Waals surface area contributed by atoms with Gasteiger partial charge in [-0.3, -0.25) is 0 Å². The van der Waals surface area contributed by atoms with E-state index >= 15 is 0 Å². The lowest BCUT2D eigenvalue weighted by Crippen LogP contribution is -2.40. The van der Waals surface area contributed by atoms with Gasteiger partial charge in [-0.25, -0.2) is 15.4 Å². The number of rotatable bonds is 5. The molecule has 1 aromatic rings. The molecule has 3 atom stereocenters. The zero-order valence-electron chi connectivity index (χ0n) is 12.5. The van der Waals surface area contributed by atoms with E-state index in [2.05, 4.69) is 10.4 Å². The molecule has 20 heavy (non-hydrogen) atoms. The molecule has 1 aliphatic heterocycles. The van der Waals surface area contributed by atoms with Gasteiger partial charge >= 0.3 is 0 Å². The lowest BCUT2D eigenvalue weighted by molar-refractivity contribution is -0.0976. The molecule has 1 aromatic heterocycles. The molecule has 3 unspecified atom stereocenters. The summed E-state index contributed by atoms with van der Waals surface area (Å²) in [6.45, 7) is 4.53. The van der Waals surface area contributed by atoms with Gasteiger partial charge in [0.2, 0.25) is 5.88 Å². The van der Waals surface area contributed by atoms with Gasteiger partial charge in [-0.05, 0) is 25.8 Å². The standard InChI is InChI=1S/C14H23N3O3/c1-5-20-13-7-6-10(9(2)15-13)12-8-11(14(18)19-4)16-17(12)3/h6-7,11-12,14,16,18H,5,8H2,1-4H3. The third-order valence-electron chi connectivity index (χ3n) is 3.65. The normalized spacial score (nSPS) is 24.9. The van der Waals surface area contributed by atoms with Crippen molar-refractivity contribution in [1.29, 1.82) is 0 Å². The first-order valence-electron chi connectivity index (χ1n) is 6.87. The Bertz CT molecular complexity index is 455. The van der Waals surface area contributed by atoms with E-state index in [4.69, 9.17) is 9.47 Å². The molecular weight excluding hydrogens is 258 g/mol. The maximum absolute atomic E-state index is 9.78. The van der Waals surface area contributed by atoms with Crippen LogP contribution in [0.1, 0.15) is 30.6 Å². The number of pyridine rings is 1. The third kappa shape index (κ3) is 3.09. The molecule has 0 bridgehead atoms. The van der Waals surface area contributed by atoms with Gasteiger partial charge in [0.15, 0.2) is 6.29 Å². The summed E-state index contributed by atoms with van der Waals surface area (Å²) in [5.74, 6) is 0.649. The Hall–Kier alpha value is -1.21. The number of hydrogen-bond acceptors (Lipinski definition) is 6. The quantitative estimate of drug-likeness (QED) is 0.785. The van der Waals surface area contributed by atoms with Crippen LogP contribution >= 0.6 is 0 Å². The Morgan fingerprint density at radius 3 is 2.90 bits per heavy atom. The zero-order chi connectivity index (χ0) is 14.7. The Morgan fingerprint density at radius 2 is 2.30 bits per heavy atom. The van der Waals surface area contributed by atoms with Crippen molar-refractivity contribution in [3.63, 3.8) is 0 Å². The van der Waals surface area contributed by atoms with E-state index in [0.717, 1.165) is 17.7 Å². The second kappa shape index (κ2) is 6.49. The van der Waals surface area contributed by atoms with Gasteiger partial charge in [-0.15, -0.1) is 0 Å². The number of methoxy groups -OCH3 is 1. The molecule has 0 amide bonds. The summed E-state index contributed by atoms with van der Waals surface area (Å²) in [5, 5.41) is 11.8. The van der Waals surface area contributed by atoms with Crippen LogP contribution in [-0.4, -0.2) is 48.2 Å². The van der Waals surface area contributed by atoms with Crippen LogP contribution < -0.4 is 10.2 Å². The highest BCUT2D eigenvalue weighted by Crippen LogP contribution is 2.32. The Morgan fingerprint density at radius 1 is 1.55 bits per heavy atom. The summed E-state index contributed by atoms with van der Waals surface area (Å²) in [6, 6.07) is 3.98. The minimum atomic E-state index is -0.807. The van der Waals surface area contributed by atoms with Crippen LogP contribution in [0.3, 0.4) is 0 Å². The summed E-state index contributed by atoms with van der Waals surface area (Å²) in [7, 11) is 3.46. The minimum absolute atomic E-state index is 0.110. The summed E-state index contributed by atoms with van der Waals surface area (Å²) < 4.78 is 10.4. The minimum Gasteiger partial charge on any atom is -0.478 e. The number of nitrogens with zero attached hydrogens (tertiary/aromatic N) is 2. The number of nitrogens with one attached hydrogen (secondary N) is 1. The molecule has 1 fully saturated rings. The van der Waals surface area contributed by atoms with E-state index in [9.17, 15) is 5.11 Å². The topological polar surface area (TPSA) is 66.8 Å². The maximum Gasteiger partial charge on any atom is 0.213 e. The first-order chi connectivity index (χ1) is 9.56. The third-order valence-corrected chi connectivity index (χ3v) is 3.65. The summed E-state index contributed by atoms with van der Waals surface area (Å²) in [6.07, 6.45) is -0.0411. The van der Waals surface area contributed by atoms with Gasteiger partial charge in [-0.1, -0.05) is 6.07 Å². The van der Waals surface area contributed by atoms with Crippen LogP contribution in [0, 0.1) is 6.92 Å². The van der Waals surface area contributed by atoms with E-state index in [1.54, 1.807) is 0 Å². The number of aryl methyl sites for hydroxylation is 1. The Labute approximate surface area is 119 Å². The van der Waals surface area contributed by atoms with E-state index in [1.807, 2.05) is 38.0 Å². The molecule has 6 nitrogen and oxygen atoms in total. The number of hydrogen-bond donors (Lipinski definition) is 2. The van der Waals surface area contributed by atoms with Crippen molar-refractivity contribution >= 4 is 0 Å². The lowest BCUT2D eigenvalue weighted by atomic mass is 10.00. The monoisotopic (exact) mass is 281 g/mol.